The fourth-order valence-electron chi connectivity index (χ4n) is 3.48. The number of nitrogens with zero attached hydrogens (tertiary/aromatic N) is 1. The number of rotatable bonds is 2. The van der Waals surface area contributed by atoms with E-state index in [1.807, 2.05) is 0 Å². The first kappa shape index (κ1) is 19.5. The molecule has 0 aliphatic carbocycles. The van der Waals surface area contributed by atoms with Crippen LogP contribution in [0, 0.1) is 0 Å². The zero-order chi connectivity index (χ0) is 21.1. The Morgan fingerprint density at radius 2 is 1.83 bits per heavy atom. The lowest BCUT2D eigenvalue weighted by Crippen LogP contribution is -2.38. The molecule has 2 aliphatic heterocycles. The Morgan fingerprint density at radius 3 is 2.48 bits per heavy atom. The van der Waals surface area contributed by atoms with E-state index in [4.69, 9.17) is 4.74 Å². The summed E-state index contributed by atoms with van der Waals surface area (Å²) in [6.45, 7) is 3.32. The second kappa shape index (κ2) is 6.35. The Bertz CT molecular complexity index is 1090. The van der Waals surface area contributed by atoms with E-state index in [-0.39, 0.29) is 35.2 Å². The van der Waals surface area contributed by atoms with E-state index in [2.05, 4.69) is 0 Å². The fourth-order valence-corrected chi connectivity index (χ4v) is 4.16. The maximum atomic E-state index is 12.9. The van der Waals surface area contributed by atoms with Crippen LogP contribution in [0.2, 0.25) is 0 Å². The van der Waals surface area contributed by atoms with Crippen LogP contribution in [0.25, 0.3) is 5.70 Å². The van der Waals surface area contributed by atoms with Gasteiger partial charge in [-0.2, -0.15) is 13.2 Å². The predicted molar refractivity (Wildman–Crippen MR) is 99.5 cm³/mol. The number of aliphatic hydroxyl groups is 1. The number of hydrogen-bond acceptors (Lipinski definition) is 4. The summed E-state index contributed by atoms with van der Waals surface area (Å²) >= 11 is 0. The van der Waals surface area contributed by atoms with E-state index in [1.165, 1.54) is 11.0 Å². The molecule has 152 valence electrons. The van der Waals surface area contributed by atoms with Crippen molar-refractivity contribution in [2.24, 2.45) is 0 Å². The number of benzene rings is 2. The minimum absolute atomic E-state index is 0.0541. The van der Waals surface area contributed by atoms with E-state index in [0.717, 1.165) is 17.7 Å². The molecule has 4 rings (SSSR count). The van der Waals surface area contributed by atoms with Gasteiger partial charge in [0.25, 0.3) is 5.91 Å². The molecular weight excluding hydrogens is 407 g/mol. The molecular formula is C20H16F3NO4S. The molecule has 2 aromatic carbocycles. The molecule has 0 saturated carbocycles. The Labute approximate surface area is 166 Å². The normalized spacial score (nSPS) is 18.9. The summed E-state index contributed by atoms with van der Waals surface area (Å²) in [4.78, 5) is 13.8. The Hall–Kier alpha value is -2.81. The van der Waals surface area contributed by atoms with Gasteiger partial charge in [0, 0.05) is 16.0 Å². The van der Waals surface area contributed by atoms with Crippen molar-refractivity contribution in [3.05, 3.63) is 64.9 Å². The number of fused-ring (bicyclic) bond motifs is 2. The van der Waals surface area contributed by atoms with E-state index < -0.39 is 26.8 Å². The van der Waals surface area contributed by atoms with Crippen molar-refractivity contribution in [2.45, 2.75) is 36.4 Å². The number of hydrogen-bond donors (Lipinski definition) is 1. The lowest BCUT2D eigenvalue weighted by Gasteiger charge is -2.36. The van der Waals surface area contributed by atoms with Crippen molar-refractivity contribution in [3.63, 3.8) is 0 Å². The van der Waals surface area contributed by atoms with Crippen LogP contribution in [0.3, 0.4) is 0 Å². The van der Waals surface area contributed by atoms with Crippen LogP contribution >= 0.6 is 0 Å². The summed E-state index contributed by atoms with van der Waals surface area (Å²) in [5, 5.41) is 10.9. The number of carbonyl (C=O) groups excluding carboxylic acids is 1. The topological polar surface area (TPSA) is 66.8 Å². The molecule has 1 atom stereocenters. The minimum atomic E-state index is -4.94. The summed E-state index contributed by atoms with van der Waals surface area (Å²) in [6.07, 6.45) is 0. The molecule has 2 aliphatic rings. The van der Waals surface area contributed by atoms with Gasteiger partial charge in [0.2, 0.25) is 0 Å². The van der Waals surface area contributed by atoms with Crippen molar-refractivity contribution in [2.75, 3.05) is 0 Å². The van der Waals surface area contributed by atoms with Crippen LogP contribution in [-0.2, 0) is 17.3 Å². The monoisotopic (exact) mass is 423 g/mol. The standard InChI is InChI=1S/C20H16F3NO4S/c1-19(2)17(25)16(24-10-11-5-3-4-6-13(11)18(24)26)14-9-12(7-8-15(14)28-19)29(27)20(21,22)23/h3-9,25H,10H2,1-2H3. The maximum absolute atomic E-state index is 12.9. The number of carbonyl (C=O) groups is 1. The number of halogens is 3. The summed E-state index contributed by atoms with van der Waals surface area (Å²) in [5.41, 5.74) is -4.82. The summed E-state index contributed by atoms with van der Waals surface area (Å²) in [7, 11) is -3.26. The molecule has 0 spiro atoms. The largest absolute Gasteiger partial charge is 0.506 e. The highest BCUT2D eigenvalue weighted by Crippen LogP contribution is 2.45. The lowest BCUT2D eigenvalue weighted by atomic mass is 9.96. The average Bonchev–Trinajstić information content (AvgIpc) is 2.98. The van der Waals surface area contributed by atoms with Crippen molar-refractivity contribution in [1.29, 1.82) is 0 Å². The van der Waals surface area contributed by atoms with E-state index in [9.17, 15) is 27.3 Å². The summed E-state index contributed by atoms with van der Waals surface area (Å²) in [5.74, 6) is -0.483. The molecule has 1 unspecified atom stereocenters. The second-order valence-corrected chi connectivity index (χ2v) is 8.70. The molecule has 0 aromatic heterocycles. The van der Waals surface area contributed by atoms with Gasteiger partial charge in [0.05, 0.1) is 12.2 Å². The maximum Gasteiger partial charge on any atom is 0.475 e. The van der Waals surface area contributed by atoms with Crippen molar-refractivity contribution >= 4 is 22.4 Å². The van der Waals surface area contributed by atoms with Crippen LogP contribution in [0.1, 0.15) is 35.3 Å². The Kier molecular flexibility index (Phi) is 4.27. The van der Waals surface area contributed by atoms with Gasteiger partial charge in [-0.15, -0.1) is 0 Å². The molecule has 0 bridgehead atoms. The first-order valence-electron chi connectivity index (χ1n) is 8.66. The highest BCUT2D eigenvalue weighted by molar-refractivity contribution is 7.86. The third kappa shape index (κ3) is 3.09. The zero-order valence-electron chi connectivity index (χ0n) is 15.4. The number of aliphatic hydroxyl groups excluding tert-OH is 1. The Morgan fingerprint density at radius 1 is 1.14 bits per heavy atom. The van der Waals surface area contributed by atoms with Crippen molar-refractivity contribution in [1.82, 2.24) is 4.90 Å². The SMILES string of the molecule is CC1(C)Oc2ccc(S(=O)C(F)(F)F)cc2C(N2Cc3ccccc3C2=O)=C1O. The highest BCUT2D eigenvalue weighted by atomic mass is 32.2. The molecule has 0 fully saturated rings. The van der Waals surface area contributed by atoms with Gasteiger partial charge in [0.15, 0.2) is 22.2 Å². The van der Waals surface area contributed by atoms with Gasteiger partial charge in [-0.3, -0.25) is 9.69 Å². The van der Waals surface area contributed by atoms with Gasteiger partial charge in [-0.1, -0.05) is 18.2 Å². The molecule has 0 radical (unpaired) electrons. The molecule has 1 N–H and O–H groups in total. The molecule has 0 saturated heterocycles. The quantitative estimate of drug-likeness (QED) is 0.779. The number of alkyl halides is 3. The van der Waals surface area contributed by atoms with Gasteiger partial charge in [-0.25, -0.2) is 4.21 Å². The third-order valence-corrected chi connectivity index (χ3v) is 5.98. The molecule has 2 heterocycles. The predicted octanol–water partition coefficient (Wildman–Crippen LogP) is 4.37. The molecule has 9 heteroatoms. The molecule has 1 amide bonds. The molecule has 2 aromatic rings. The fraction of sp³-hybridized carbons (Fsp3) is 0.250. The van der Waals surface area contributed by atoms with Crippen molar-refractivity contribution < 1.29 is 32.0 Å². The van der Waals surface area contributed by atoms with E-state index >= 15 is 0 Å². The average molecular weight is 423 g/mol. The van der Waals surface area contributed by atoms with Crippen LogP contribution in [-0.4, -0.2) is 31.2 Å². The lowest BCUT2D eigenvalue weighted by molar-refractivity contribution is -0.0384. The minimum Gasteiger partial charge on any atom is -0.506 e. The van der Waals surface area contributed by atoms with Gasteiger partial charge >= 0.3 is 5.51 Å². The summed E-state index contributed by atoms with van der Waals surface area (Å²) in [6, 6.07) is 10.3. The van der Waals surface area contributed by atoms with Crippen molar-refractivity contribution in [3.8, 4) is 5.75 Å². The zero-order valence-corrected chi connectivity index (χ0v) is 16.2. The first-order chi connectivity index (χ1) is 13.5. The van der Waals surface area contributed by atoms with E-state index in [0.29, 0.717) is 5.56 Å². The van der Waals surface area contributed by atoms with Gasteiger partial charge in [0.1, 0.15) is 5.75 Å². The highest BCUT2D eigenvalue weighted by Gasteiger charge is 2.43. The Balaban J connectivity index is 1.88. The first-order valence-corrected chi connectivity index (χ1v) is 9.81. The number of amides is 1. The molecule has 5 nitrogen and oxygen atoms in total. The van der Waals surface area contributed by atoms with Gasteiger partial charge in [-0.05, 0) is 43.7 Å². The van der Waals surface area contributed by atoms with Crippen LogP contribution in [0.5, 0.6) is 5.75 Å². The van der Waals surface area contributed by atoms with Gasteiger partial charge < -0.3 is 9.84 Å². The smallest absolute Gasteiger partial charge is 0.475 e. The van der Waals surface area contributed by atoms with Crippen LogP contribution < -0.4 is 4.74 Å². The second-order valence-electron chi connectivity index (χ2n) is 7.23. The number of ether oxygens (including phenoxy) is 1. The van der Waals surface area contributed by atoms with Crippen LogP contribution in [0.4, 0.5) is 13.2 Å². The third-order valence-electron chi connectivity index (χ3n) is 4.88. The van der Waals surface area contributed by atoms with E-state index in [1.54, 1.807) is 38.1 Å². The molecule has 29 heavy (non-hydrogen) atoms. The van der Waals surface area contributed by atoms with Crippen LogP contribution in [0.15, 0.2) is 53.1 Å². The summed E-state index contributed by atoms with van der Waals surface area (Å²) < 4.78 is 56.4.